The summed E-state index contributed by atoms with van der Waals surface area (Å²) in [5.74, 6) is -0.222. The van der Waals surface area contributed by atoms with E-state index >= 15 is 0 Å². The number of rotatable bonds is 4. The van der Waals surface area contributed by atoms with Gasteiger partial charge in [-0.3, -0.25) is 4.79 Å². The van der Waals surface area contributed by atoms with Crippen molar-refractivity contribution in [3.63, 3.8) is 0 Å². The zero-order valence-electron chi connectivity index (χ0n) is 15.5. The summed E-state index contributed by atoms with van der Waals surface area (Å²) in [4.78, 5) is 28.5. The van der Waals surface area contributed by atoms with Gasteiger partial charge in [0, 0.05) is 43.3 Å². The van der Waals surface area contributed by atoms with Crippen LogP contribution in [0.15, 0.2) is 48.5 Å². The zero-order chi connectivity index (χ0) is 19.9. The number of carbonyl (C=O) groups excluding carboxylic acids is 2. The van der Waals surface area contributed by atoms with Crippen LogP contribution in [0, 0.1) is 5.82 Å². The van der Waals surface area contributed by atoms with Crippen LogP contribution in [0.25, 0.3) is 0 Å². The Bertz CT molecular complexity index is 829. The molecule has 0 aliphatic carbocycles. The molecule has 0 bridgehead atoms. The number of halogens is 2. The molecule has 0 unspecified atom stereocenters. The first-order chi connectivity index (χ1) is 13.5. The molecule has 3 rings (SSSR count). The number of benzene rings is 2. The minimum absolute atomic E-state index is 0.0569. The maximum Gasteiger partial charge on any atom is 0.321 e. The van der Waals surface area contributed by atoms with Crippen LogP contribution in [0.1, 0.15) is 18.4 Å². The number of urea groups is 1. The van der Waals surface area contributed by atoms with E-state index in [-0.39, 0.29) is 17.8 Å². The van der Waals surface area contributed by atoms with Gasteiger partial charge in [-0.2, -0.15) is 0 Å². The fourth-order valence-corrected chi connectivity index (χ4v) is 3.39. The lowest BCUT2D eigenvalue weighted by atomic mass is 10.1. The predicted octanol–water partition coefficient (Wildman–Crippen LogP) is 4.18. The lowest BCUT2D eigenvalue weighted by Crippen LogP contribution is -2.39. The molecule has 28 heavy (non-hydrogen) atoms. The van der Waals surface area contributed by atoms with E-state index in [0.29, 0.717) is 49.7 Å². The molecule has 0 atom stereocenters. The maximum absolute atomic E-state index is 13.0. The molecular formula is C21H23ClFN3O2. The second-order valence-corrected chi connectivity index (χ2v) is 7.22. The van der Waals surface area contributed by atoms with Crippen LogP contribution in [0.2, 0.25) is 5.02 Å². The summed E-state index contributed by atoms with van der Waals surface area (Å²) >= 11 is 5.95. The zero-order valence-corrected chi connectivity index (χ0v) is 16.3. The maximum atomic E-state index is 13.0. The minimum Gasteiger partial charge on any atom is -0.341 e. The van der Waals surface area contributed by atoms with E-state index in [1.165, 1.54) is 12.1 Å². The Morgan fingerprint density at radius 2 is 1.71 bits per heavy atom. The summed E-state index contributed by atoms with van der Waals surface area (Å²) < 4.78 is 13.0. The first-order valence-electron chi connectivity index (χ1n) is 9.35. The van der Waals surface area contributed by atoms with E-state index in [1.54, 1.807) is 46.2 Å². The van der Waals surface area contributed by atoms with E-state index in [2.05, 4.69) is 5.32 Å². The van der Waals surface area contributed by atoms with Gasteiger partial charge in [-0.05, 0) is 48.7 Å². The third-order valence-corrected chi connectivity index (χ3v) is 4.99. The Morgan fingerprint density at radius 3 is 2.46 bits per heavy atom. The average Bonchev–Trinajstić information content (AvgIpc) is 2.94. The molecular weight excluding hydrogens is 381 g/mol. The Morgan fingerprint density at radius 1 is 1.00 bits per heavy atom. The van der Waals surface area contributed by atoms with Crippen molar-refractivity contribution in [1.82, 2.24) is 9.80 Å². The van der Waals surface area contributed by atoms with Gasteiger partial charge in [0.25, 0.3) is 0 Å². The molecule has 1 aliphatic heterocycles. The highest BCUT2D eigenvalue weighted by molar-refractivity contribution is 6.30. The fourth-order valence-electron chi connectivity index (χ4n) is 3.20. The summed E-state index contributed by atoms with van der Waals surface area (Å²) in [5.41, 5.74) is 1.58. The second kappa shape index (κ2) is 9.55. The molecule has 1 aliphatic rings. The van der Waals surface area contributed by atoms with Crippen molar-refractivity contribution in [2.75, 3.05) is 31.5 Å². The second-order valence-electron chi connectivity index (χ2n) is 6.79. The van der Waals surface area contributed by atoms with E-state index in [0.717, 1.165) is 12.0 Å². The smallest absolute Gasteiger partial charge is 0.321 e. The first kappa shape index (κ1) is 20.1. The van der Waals surface area contributed by atoms with Gasteiger partial charge in [0.1, 0.15) is 5.82 Å². The van der Waals surface area contributed by atoms with Gasteiger partial charge in [-0.15, -0.1) is 0 Å². The number of anilines is 1. The topological polar surface area (TPSA) is 52.7 Å². The number of carbonyl (C=O) groups is 2. The Labute approximate surface area is 169 Å². The highest BCUT2D eigenvalue weighted by Gasteiger charge is 2.22. The largest absolute Gasteiger partial charge is 0.341 e. The summed E-state index contributed by atoms with van der Waals surface area (Å²) in [5, 5.41) is 3.41. The normalized spacial score (nSPS) is 14.5. The van der Waals surface area contributed by atoms with Crippen molar-refractivity contribution in [3.05, 3.63) is 64.9 Å². The van der Waals surface area contributed by atoms with Crippen LogP contribution in [0.3, 0.4) is 0 Å². The van der Waals surface area contributed by atoms with Crippen LogP contribution in [-0.2, 0) is 11.2 Å². The van der Waals surface area contributed by atoms with Crippen molar-refractivity contribution < 1.29 is 14.0 Å². The molecule has 0 saturated carbocycles. The summed E-state index contributed by atoms with van der Waals surface area (Å²) in [6, 6.07) is 13.0. The molecule has 0 aromatic heterocycles. The molecule has 0 spiro atoms. The van der Waals surface area contributed by atoms with Gasteiger partial charge in [-0.25, -0.2) is 9.18 Å². The molecule has 1 saturated heterocycles. The van der Waals surface area contributed by atoms with Gasteiger partial charge in [-0.1, -0.05) is 29.8 Å². The van der Waals surface area contributed by atoms with Crippen LogP contribution in [0.4, 0.5) is 14.9 Å². The Kier molecular flexibility index (Phi) is 6.87. The van der Waals surface area contributed by atoms with E-state index < -0.39 is 0 Å². The molecule has 1 fully saturated rings. The molecule has 0 radical (unpaired) electrons. The molecule has 7 heteroatoms. The van der Waals surface area contributed by atoms with E-state index in [9.17, 15) is 14.0 Å². The molecule has 3 amide bonds. The van der Waals surface area contributed by atoms with Gasteiger partial charge in [0.15, 0.2) is 0 Å². The average molecular weight is 404 g/mol. The number of aryl methyl sites for hydroxylation is 1. The summed E-state index contributed by atoms with van der Waals surface area (Å²) in [7, 11) is 0. The molecule has 148 valence electrons. The van der Waals surface area contributed by atoms with Gasteiger partial charge in [0.05, 0.1) is 0 Å². The third kappa shape index (κ3) is 5.70. The Hall–Kier alpha value is -2.60. The van der Waals surface area contributed by atoms with Gasteiger partial charge in [0.2, 0.25) is 5.91 Å². The monoisotopic (exact) mass is 403 g/mol. The van der Waals surface area contributed by atoms with E-state index in [4.69, 9.17) is 11.6 Å². The van der Waals surface area contributed by atoms with Crippen LogP contribution in [0.5, 0.6) is 0 Å². The highest BCUT2D eigenvalue weighted by Crippen LogP contribution is 2.16. The fraction of sp³-hybridized carbons (Fsp3) is 0.333. The molecule has 5 nitrogen and oxygen atoms in total. The first-order valence-corrected chi connectivity index (χ1v) is 9.73. The number of amides is 3. The minimum atomic E-state index is -0.279. The Balaban J connectivity index is 1.48. The molecule has 2 aromatic carbocycles. The van der Waals surface area contributed by atoms with Gasteiger partial charge < -0.3 is 15.1 Å². The lowest BCUT2D eigenvalue weighted by Gasteiger charge is -2.22. The predicted molar refractivity (Wildman–Crippen MR) is 108 cm³/mol. The highest BCUT2D eigenvalue weighted by atomic mass is 35.5. The number of hydrogen-bond donors (Lipinski definition) is 1. The van der Waals surface area contributed by atoms with Crippen molar-refractivity contribution >= 4 is 29.2 Å². The number of nitrogens with zero attached hydrogens (tertiary/aromatic N) is 2. The number of nitrogens with one attached hydrogen (secondary N) is 1. The van der Waals surface area contributed by atoms with Gasteiger partial charge >= 0.3 is 6.03 Å². The van der Waals surface area contributed by atoms with Crippen LogP contribution >= 0.6 is 11.6 Å². The van der Waals surface area contributed by atoms with Crippen molar-refractivity contribution in [1.29, 1.82) is 0 Å². The van der Waals surface area contributed by atoms with Crippen LogP contribution in [-0.4, -0.2) is 47.9 Å². The van der Waals surface area contributed by atoms with Crippen molar-refractivity contribution in [3.8, 4) is 0 Å². The molecule has 1 heterocycles. The van der Waals surface area contributed by atoms with Crippen LogP contribution < -0.4 is 5.32 Å². The lowest BCUT2D eigenvalue weighted by molar-refractivity contribution is -0.131. The quantitative estimate of drug-likeness (QED) is 0.832. The summed E-state index contributed by atoms with van der Waals surface area (Å²) in [6.07, 6.45) is 1.68. The van der Waals surface area contributed by atoms with Crippen molar-refractivity contribution in [2.45, 2.75) is 19.3 Å². The molecule has 2 aromatic rings. The number of hydrogen-bond acceptors (Lipinski definition) is 2. The SMILES string of the molecule is O=C(CCc1ccc(F)cc1)N1CCCN(C(=O)Nc2cccc(Cl)c2)CC1. The third-order valence-electron chi connectivity index (χ3n) is 4.75. The molecule has 1 N–H and O–H groups in total. The standard InChI is InChI=1S/C21H23ClFN3O2/c22-17-3-1-4-19(15-17)24-21(28)26-12-2-11-25(13-14-26)20(27)10-7-16-5-8-18(23)9-6-16/h1,3-6,8-9,15H,2,7,10-14H2,(H,24,28). The van der Waals surface area contributed by atoms with Crippen molar-refractivity contribution in [2.24, 2.45) is 0 Å². The summed E-state index contributed by atoms with van der Waals surface area (Å²) in [6.45, 7) is 2.21. The van der Waals surface area contributed by atoms with E-state index in [1.807, 2.05) is 0 Å².